The molecule has 0 spiro atoms. The molecule has 7 nitrogen and oxygen atoms in total. The van der Waals surface area contributed by atoms with Crippen molar-refractivity contribution in [2.45, 2.75) is 39.2 Å². The predicted octanol–water partition coefficient (Wildman–Crippen LogP) is 2.09. The van der Waals surface area contributed by atoms with Gasteiger partial charge in [-0.15, -0.1) is 0 Å². The van der Waals surface area contributed by atoms with Crippen LogP contribution in [0.3, 0.4) is 0 Å². The lowest BCUT2D eigenvalue weighted by Crippen LogP contribution is -2.39. The zero-order valence-electron chi connectivity index (χ0n) is 17.3. The molecule has 1 atom stereocenters. The Balaban J connectivity index is 1.71. The van der Waals surface area contributed by atoms with Crippen LogP contribution in [0.5, 0.6) is 5.75 Å². The Hall–Kier alpha value is -1.80. The molecule has 1 aliphatic rings. The Morgan fingerprint density at radius 3 is 2.46 bits per heavy atom. The highest BCUT2D eigenvalue weighted by atomic mass is 32.2. The van der Waals surface area contributed by atoms with Gasteiger partial charge in [0.2, 0.25) is 10.0 Å². The zero-order valence-corrected chi connectivity index (χ0v) is 18.2. The van der Waals surface area contributed by atoms with Gasteiger partial charge in [-0.25, -0.2) is 8.42 Å². The number of hydrogen-bond donors (Lipinski definition) is 1. The maximum Gasteiger partial charge on any atom is 0.260 e. The molecule has 1 aromatic rings. The minimum Gasteiger partial charge on any atom is -0.481 e. The van der Waals surface area contributed by atoms with Crippen molar-refractivity contribution >= 4 is 21.6 Å². The average Bonchev–Trinajstić information content (AvgIpc) is 2.65. The van der Waals surface area contributed by atoms with Crippen molar-refractivity contribution in [1.29, 1.82) is 0 Å². The smallest absolute Gasteiger partial charge is 0.260 e. The summed E-state index contributed by atoms with van der Waals surface area (Å²) in [6.45, 7) is 7.96. The van der Waals surface area contributed by atoms with E-state index in [1.54, 1.807) is 31.2 Å². The number of anilines is 1. The molecule has 28 heavy (non-hydrogen) atoms. The number of likely N-dealkylation sites (tertiary alicyclic amines) is 1. The van der Waals surface area contributed by atoms with Crippen molar-refractivity contribution in [2.24, 2.45) is 5.92 Å². The first-order valence-corrected chi connectivity index (χ1v) is 11.7. The topological polar surface area (TPSA) is 79.0 Å². The molecule has 1 saturated heterocycles. The van der Waals surface area contributed by atoms with Gasteiger partial charge in [-0.05, 0) is 76.0 Å². The highest BCUT2D eigenvalue weighted by Crippen LogP contribution is 2.21. The second kappa shape index (κ2) is 10.1. The molecule has 8 heteroatoms. The van der Waals surface area contributed by atoms with Gasteiger partial charge in [-0.3, -0.25) is 9.10 Å². The van der Waals surface area contributed by atoms with Gasteiger partial charge in [-0.2, -0.15) is 0 Å². The number of sulfonamides is 1. The molecule has 1 aromatic carbocycles. The van der Waals surface area contributed by atoms with Crippen molar-refractivity contribution < 1.29 is 17.9 Å². The molecule has 0 aliphatic carbocycles. The van der Waals surface area contributed by atoms with Crippen LogP contribution in [0.4, 0.5) is 5.69 Å². The summed E-state index contributed by atoms with van der Waals surface area (Å²) in [6.07, 6.45) is 3.98. The fourth-order valence-corrected chi connectivity index (χ4v) is 3.63. The average molecular weight is 412 g/mol. The van der Waals surface area contributed by atoms with Crippen LogP contribution in [-0.4, -0.2) is 64.8 Å². The van der Waals surface area contributed by atoms with E-state index in [0.29, 0.717) is 18.0 Å². The lowest BCUT2D eigenvalue weighted by atomic mass is 9.99. The van der Waals surface area contributed by atoms with Gasteiger partial charge < -0.3 is 15.0 Å². The summed E-state index contributed by atoms with van der Waals surface area (Å²) in [5.41, 5.74) is 0.541. The molecule has 1 fully saturated rings. The Kier molecular flexibility index (Phi) is 8.12. The molecule has 158 valence electrons. The van der Waals surface area contributed by atoms with Crippen molar-refractivity contribution in [1.82, 2.24) is 10.2 Å². The minimum absolute atomic E-state index is 0.149. The number of benzene rings is 1. The minimum atomic E-state index is -3.30. The summed E-state index contributed by atoms with van der Waals surface area (Å²) >= 11 is 0. The van der Waals surface area contributed by atoms with E-state index in [1.807, 2.05) is 0 Å². The van der Waals surface area contributed by atoms with Crippen LogP contribution in [0.25, 0.3) is 0 Å². The van der Waals surface area contributed by atoms with E-state index in [9.17, 15) is 13.2 Å². The van der Waals surface area contributed by atoms with Crippen molar-refractivity contribution in [3.8, 4) is 5.75 Å². The van der Waals surface area contributed by atoms with Crippen LogP contribution in [0.1, 0.15) is 33.1 Å². The summed E-state index contributed by atoms with van der Waals surface area (Å²) in [6, 6.07) is 6.64. The number of rotatable bonds is 9. The number of carbonyl (C=O) groups excluding carboxylic acids is 1. The van der Waals surface area contributed by atoms with Crippen LogP contribution in [0.15, 0.2) is 24.3 Å². The molecule has 1 N–H and O–H groups in total. The van der Waals surface area contributed by atoms with Gasteiger partial charge in [0.1, 0.15) is 5.75 Å². The number of amides is 1. The molecule has 1 amide bonds. The van der Waals surface area contributed by atoms with E-state index in [2.05, 4.69) is 17.1 Å². The Morgan fingerprint density at radius 2 is 1.89 bits per heavy atom. The Morgan fingerprint density at radius 1 is 1.29 bits per heavy atom. The Bertz CT molecular complexity index is 728. The largest absolute Gasteiger partial charge is 0.481 e. The van der Waals surface area contributed by atoms with Gasteiger partial charge in [0, 0.05) is 13.6 Å². The molecule has 0 radical (unpaired) electrons. The molecular weight excluding hydrogens is 378 g/mol. The van der Waals surface area contributed by atoms with E-state index in [0.717, 1.165) is 38.2 Å². The highest BCUT2D eigenvalue weighted by molar-refractivity contribution is 7.92. The normalized spacial score (nSPS) is 17.1. The molecule has 1 aliphatic heterocycles. The fourth-order valence-electron chi connectivity index (χ4n) is 3.13. The number of ether oxygens (including phenoxy) is 1. The van der Waals surface area contributed by atoms with Crippen molar-refractivity contribution in [2.75, 3.05) is 43.8 Å². The number of nitrogens with zero attached hydrogens (tertiary/aromatic N) is 2. The maximum atomic E-state index is 12.2. The molecule has 2 rings (SSSR count). The lowest BCUT2D eigenvalue weighted by molar-refractivity contribution is -0.127. The van der Waals surface area contributed by atoms with Crippen LogP contribution >= 0.6 is 0 Å². The second-order valence-corrected chi connectivity index (χ2v) is 9.67. The van der Waals surface area contributed by atoms with Crippen LogP contribution < -0.4 is 14.4 Å². The van der Waals surface area contributed by atoms with E-state index < -0.39 is 16.1 Å². The third-order valence-electron chi connectivity index (χ3n) is 5.21. The third-order valence-corrected chi connectivity index (χ3v) is 6.41. The summed E-state index contributed by atoms with van der Waals surface area (Å²) in [5, 5.41) is 2.92. The molecule has 1 heterocycles. The number of nitrogens with one attached hydrogen (secondary N) is 1. The first-order valence-electron chi connectivity index (χ1n) is 9.87. The first-order chi connectivity index (χ1) is 13.2. The monoisotopic (exact) mass is 411 g/mol. The molecule has 0 bridgehead atoms. The van der Waals surface area contributed by atoms with Gasteiger partial charge in [-0.1, -0.05) is 6.92 Å². The SMILES string of the molecule is CC1CCN(CCCNC(=O)[C@@H](C)Oc2ccc(N(C)S(C)(=O)=O)cc2)CC1. The molecule has 0 aromatic heterocycles. The molecule has 0 saturated carbocycles. The summed E-state index contributed by atoms with van der Waals surface area (Å²) < 4.78 is 30.0. The molecular formula is C20H33N3O4S. The predicted molar refractivity (Wildman–Crippen MR) is 112 cm³/mol. The number of piperidine rings is 1. The Labute approximate surface area is 169 Å². The summed E-state index contributed by atoms with van der Waals surface area (Å²) in [4.78, 5) is 14.7. The standard InChI is InChI=1S/C20H33N3O4S/c1-16-10-14-23(15-11-16)13-5-12-21-20(24)17(2)27-19-8-6-18(7-9-19)22(3)28(4,25)26/h6-9,16-17H,5,10-15H2,1-4H3,(H,21,24)/t17-/m1/s1. The van der Waals surface area contributed by atoms with Crippen LogP contribution in [0, 0.1) is 5.92 Å². The maximum absolute atomic E-state index is 12.2. The van der Waals surface area contributed by atoms with Gasteiger partial charge >= 0.3 is 0 Å². The van der Waals surface area contributed by atoms with Crippen molar-refractivity contribution in [3.05, 3.63) is 24.3 Å². The quantitative estimate of drug-likeness (QED) is 0.630. The fraction of sp³-hybridized carbons (Fsp3) is 0.650. The number of hydrogen-bond acceptors (Lipinski definition) is 5. The van der Waals surface area contributed by atoms with Gasteiger partial charge in [0.05, 0.1) is 11.9 Å². The van der Waals surface area contributed by atoms with Crippen molar-refractivity contribution in [3.63, 3.8) is 0 Å². The highest BCUT2D eigenvalue weighted by Gasteiger charge is 2.17. The van der Waals surface area contributed by atoms with E-state index in [1.165, 1.54) is 24.2 Å². The van der Waals surface area contributed by atoms with E-state index >= 15 is 0 Å². The molecule has 0 unspecified atom stereocenters. The first kappa shape index (κ1) is 22.5. The van der Waals surface area contributed by atoms with Crippen LogP contribution in [-0.2, 0) is 14.8 Å². The third kappa shape index (κ3) is 6.98. The summed E-state index contributed by atoms with van der Waals surface area (Å²) in [5.74, 6) is 1.20. The van der Waals surface area contributed by atoms with Crippen LogP contribution in [0.2, 0.25) is 0 Å². The summed E-state index contributed by atoms with van der Waals surface area (Å²) in [7, 11) is -1.81. The second-order valence-electron chi connectivity index (χ2n) is 7.65. The zero-order chi connectivity index (χ0) is 20.7. The number of carbonyl (C=O) groups is 1. The lowest BCUT2D eigenvalue weighted by Gasteiger charge is -2.30. The van der Waals surface area contributed by atoms with E-state index in [4.69, 9.17) is 4.74 Å². The van der Waals surface area contributed by atoms with Gasteiger partial charge in [0.25, 0.3) is 5.91 Å². The van der Waals surface area contributed by atoms with Gasteiger partial charge in [0.15, 0.2) is 6.10 Å². The van der Waals surface area contributed by atoms with E-state index in [-0.39, 0.29) is 5.91 Å².